The van der Waals surface area contributed by atoms with Crippen molar-refractivity contribution in [1.29, 1.82) is 0 Å². The molecule has 4 rings (SSSR count). The van der Waals surface area contributed by atoms with Crippen molar-refractivity contribution in [3.05, 3.63) is 88.6 Å². The maximum Gasteiger partial charge on any atom is 0.421 e. The van der Waals surface area contributed by atoms with Crippen LogP contribution >= 0.6 is 12.2 Å². The van der Waals surface area contributed by atoms with Gasteiger partial charge in [0.25, 0.3) is 0 Å². The quantitative estimate of drug-likeness (QED) is 0.408. The molecule has 37 heavy (non-hydrogen) atoms. The molecule has 0 spiro atoms. The third kappa shape index (κ3) is 5.64. The van der Waals surface area contributed by atoms with Crippen LogP contribution in [0.4, 0.5) is 23.2 Å². The highest BCUT2D eigenvalue weighted by atomic mass is 32.2. The molecule has 2 aromatic carbocycles. The van der Waals surface area contributed by atoms with E-state index in [2.05, 4.69) is 0 Å². The lowest BCUT2D eigenvalue weighted by molar-refractivity contribution is -0.258. The number of piperazine rings is 1. The van der Waals surface area contributed by atoms with E-state index in [9.17, 15) is 31.1 Å². The summed E-state index contributed by atoms with van der Waals surface area (Å²) >= 11 is 5.28. The summed E-state index contributed by atoms with van der Waals surface area (Å²) in [6.07, 6.45) is 0.737. The Morgan fingerprint density at radius 1 is 1.11 bits per heavy atom. The van der Waals surface area contributed by atoms with Crippen LogP contribution in [0.3, 0.4) is 0 Å². The standard InChI is InChI=1S/C26H26F4N2O3S2/c1-25(33,26(28,29)30)19-9-11-21(12-10-19)32-14-13-31(37(34,35)24-8-3-2-7-23(24)36)17-22(32)16-18-5-4-6-20(27)15-18/h2-6,8-12,15,22,33H,7,13-14,16-17H2,1H3/t22-,25+/m1/s1. The average Bonchev–Trinajstić information content (AvgIpc) is 2.83. The Kier molecular flexibility index (Phi) is 7.62. The van der Waals surface area contributed by atoms with Gasteiger partial charge in [0.1, 0.15) is 5.82 Å². The van der Waals surface area contributed by atoms with Gasteiger partial charge in [-0.3, -0.25) is 0 Å². The highest BCUT2D eigenvalue weighted by molar-refractivity contribution is 7.96. The minimum atomic E-state index is -4.85. The molecule has 198 valence electrons. The van der Waals surface area contributed by atoms with E-state index in [-0.39, 0.29) is 30.1 Å². The summed E-state index contributed by atoms with van der Waals surface area (Å²) in [5, 5.41) is 10.00. The van der Waals surface area contributed by atoms with Crippen molar-refractivity contribution < 1.29 is 31.1 Å². The molecule has 2 atom stereocenters. The Bertz CT molecular complexity index is 1340. The summed E-state index contributed by atoms with van der Waals surface area (Å²) in [6.45, 7) is 1.15. The van der Waals surface area contributed by atoms with Crippen LogP contribution in [0.2, 0.25) is 0 Å². The highest BCUT2D eigenvalue weighted by Gasteiger charge is 2.51. The van der Waals surface area contributed by atoms with Gasteiger partial charge in [0.15, 0.2) is 5.60 Å². The maximum atomic E-state index is 13.9. The van der Waals surface area contributed by atoms with E-state index in [4.69, 9.17) is 12.2 Å². The van der Waals surface area contributed by atoms with Gasteiger partial charge in [-0.15, -0.1) is 0 Å². The Hall–Kier alpha value is -2.60. The molecule has 1 aliphatic carbocycles. The van der Waals surface area contributed by atoms with E-state index >= 15 is 0 Å². The second-order valence-corrected chi connectivity index (χ2v) is 11.6. The number of sulfonamides is 1. The number of rotatable bonds is 6. The molecule has 1 N–H and O–H groups in total. The van der Waals surface area contributed by atoms with Crippen LogP contribution in [-0.2, 0) is 22.0 Å². The summed E-state index contributed by atoms with van der Waals surface area (Å²) in [7, 11) is -3.87. The molecule has 0 bridgehead atoms. The monoisotopic (exact) mass is 554 g/mol. The van der Waals surface area contributed by atoms with Gasteiger partial charge in [0.05, 0.1) is 4.91 Å². The number of anilines is 1. The molecule has 2 aromatic rings. The summed E-state index contributed by atoms with van der Waals surface area (Å²) in [5.74, 6) is -0.424. The van der Waals surface area contributed by atoms with Crippen LogP contribution in [0, 0.1) is 5.82 Å². The number of thiocarbonyl (C=S) groups is 1. The van der Waals surface area contributed by atoms with Crippen molar-refractivity contribution in [3.63, 3.8) is 0 Å². The fourth-order valence-corrected chi connectivity index (χ4v) is 6.60. The molecule has 1 heterocycles. The summed E-state index contributed by atoms with van der Waals surface area (Å²) in [6, 6.07) is 10.9. The molecule has 1 saturated heterocycles. The molecule has 0 saturated carbocycles. The van der Waals surface area contributed by atoms with E-state index in [0.29, 0.717) is 35.9 Å². The Labute approximate surface area is 218 Å². The Morgan fingerprint density at radius 2 is 1.81 bits per heavy atom. The van der Waals surface area contributed by atoms with E-state index in [1.807, 2.05) is 4.90 Å². The van der Waals surface area contributed by atoms with E-state index in [0.717, 1.165) is 0 Å². The smallest absolute Gasteiger partial charge is 0.376 e. The van der Waals surface area contributed by atoms with Gasteiger partial charge in [-0.2, -0.15) is 17.5 Å². The fourth-order valence-electron chi connectivity index (χ4n) is 4.53. The third-order valence-corrected chi connectivity index (χ3v) is 9.16. The number of halogens is 4. The van der Waals surface area contributed by atoms with Gasteiger partial charge < -0.3 is 10.0 Å². The van der Waals surface area contributed by atoms with Crippen molar-refractivity contribution in [2.24, 2.45) is 0 Å². The summed E-state index contributed by atoms with van der Waals surface area (Å²) in [4.78, 5) is 2.32. The molecule has 2 aliphatic rings. The molecule has 0 aromatic heterocycles. The first-order valence-electron chi connectivity index (χ1n) is 11.6. The number of aliphatic hydroxyl groups is 1. The molecule has 11 heteroatoms. The number of hydrogen-bond acceptors (Lipinski definition) is 5. The third-order valence-electron chi connectivity index (χ3n) is 6.70. The van der Waals surface area contributed by atoms with Gasteiger partial charge in [-0.1, -0.05) is 48.6 Å². The number of allylic oxidation sites excluding steroid dienone is 4. The molecule has 1 fully saturated rings. The minimum Gasteiger partial charge on any atom is -0.376 e. The normalized spacial score (nSPS) is 21.0. The number of alkyl halides is 3. The first kappa shape index (κ1) is 27.4. The van der Waals surface area contributed by atoms with Gasteiger partial charge in [-0.25, -0.2) is 12.8 Å². The topological polar surface area (TPSA) is 60.9 Å². The van der Waals surface area contributed by atoms with Crippen LogP contribution in [-0.4, -0.2) is 54.5 Å². The van der Waals surface area contributed by atoms with Gasteiger partial charge in [0, 0.05) is 42.6 Å². The van der Waals surface area contributed by atoms with Crippen LogP contribution in [0.5, 0.6) is 0 Å². The van der Waals surface area contributed by atoms with Crippen molar-refractivity contribution >= 4 is 32.8 Å². The lowest BCUT2D eigenvalue weighted by Gasteiger charge is -2.43. The summed E-state index contributed by atoms with van der Waals surface area (Å²) in [5.41, 5.74) is -2.10. The Morgan fingerprint density at radius 3 is 2.43 bits per heavy atom. The van der Waals surface area contributed by atoms with E-state index in [1.54, 1.807) is 24.3 Å². The first-order valence-corrected chi connectivity index (χ1v) is 13.5. The lowest BCUT2D eigenvalue weighted by atomic mass is 9.94. The molecule has 0 radical (unpaired) electrons. The van der Waals surface area contributed by atoms with Crippen LogP contribution in [0.1, 0.15) is 24.5 Å². The summed E-state index contributed by atoms with van der Waals surface area (Å²) < 4.78 is 81.9. The van der Waals surface area contributed by atoms with Gasteiger partial charge >= 0.3 is 6.18 Å². The van der Waals surface area contributed by atoms with Crippen LogP contribution in [0.15, 0.2) is 71.7 Å². The fraction of sp³-hybridized carbons (Fsp3) is 0.346. The predicted molar refractivity (Wildman–Crippen MR) is 138 cm³/mol. The van der Waals surface area contributed by atoms with Crippen molar-refractivity contribution in [3.8, 4) is 0 Å². The van der Waals surface area contributed by atoms with Crippen LogP contribution in [0.25, 0.3) is 0 Å². The van der Waals surface area contributed by atoms with Gasteiger partial charge in [-0.05, 0) is 54.8 Å². The SMILES string of the molecule is C[C@](O)(c1ccc(N2CCN(S(=O)(=O)C3=CC=CCC3=S)C[C@H]2Cc2cccc(F)c2)cc1)C(F)(F)F. The zero-order valence-corrected chi connectivity index (χ0v) is 21.6. The molecule has 0 unspecified atom stereocenters. The van der Waals surface area contributed by atoms with Gasteiger partial charge in [0.2, 0.25) is 10.0 Å². The number of nitrogens with zero attached hydrogens (tertiary/aromatic N) is 2. The minimum absolute atomic E-state index is 0.0739. The van der Waals surface area contributed by atoms with Crippen molar-refractivity contribution in [2.75, 3.05) is 24.5 Å². The van der Waals surface area contributed by atoms with Crippen LogP contribution < -0.4 is 4.90 Å². The zero-order valence-electron chi connectivity index (χ0n) is 20.0. The zero-order chi connectivity index (χ0) is 27.0. The highest BCUT2D eigenvalue weighted by Crippen LogP contribution is 2.39. The molecular weight excluding hydrogens is 528 g/mol. The van der Waals surface area contributed by atoms with E-state index < -0.39 is 33.7 Å². The van der Waals surface area contributed by atoms with E-state index in [1.165, 1.54) is 46.8 Å². The molecular formula is C26H26F4N2O3S2. The number of benzene rings is 2. The average molecular weight is 555 g/mol. The number of hydrogen-bond donors (Lipinski definition) is 1. The largest absolute Gasteiger partial charge is 0.421 e. The second kappa shape index (κ2) is 10.3. The van der Waals surface area contributed by atoms with Crippen molar-refractivity contribution in [2.45, 2.75) is 37.6 Å². The Balaban J connectivity index is 1.65. The molecule has 0 amide bonds. The molecule has 5 nitrogen and oxygen atoms in total. The van der Waals surface area contributed by atoms with Crippen molar-refractivity contribution in [1.82, 2.24) is 4.31 Å². The lowest BCUT2D eigenvalue weighted by Crippen LogP contribution is -2.56. The molecule has 1 aliphatic heterocycles. The second-order valence-electron chi connectivity index (χ2n) is 9.25. The maximum absolute atomic E-state index is 13.9. The predicted octanol–water partition coefficient (Wildman–Crippen LogP) is 4.87. The first-order chi connectivity index (χ1) is 17.3.